The lowest BCUT2D eigenvalue weighted by molar-refractivity contribution is 0.234. The minimum absolute atomic E-state index is 0.281. The highest BCUT2D eigenvalue weighted by Gasteiger charge is 2.18. The molecule has 0 aliphatic carbocycles. The van der Waals surface area contributed by atoms with Gasteiger partial charge in [0.15, 0.2) is 0 Å². The molecule has 1 N–H and O–H groups in total. The molecule has 36 heavy (non-hydrogen) atoms. The molecule has 3 nitrogen and oxygen atoms in total. The summed E-state index contributed by atoms with van der Waals surface area (Å²) in [6.45, 7) is 8.53. The van der Waals surface area contributed by atoms with Gasteiger partial charge in [0.05, 0.1) is 0 Å². The Bertz CT molecular complexity index is 1350. The Morgan fingerprint density at radius 1 is 0.972 bits per heavy atom. The third kappa shape index (κ3) is 5.38. The van der Waals surface area contributed by atoms with Gasteiger partial charge in [0.25, 0.3) is 0 Å². The molecule has 1 unspecified atom stereocenters. The highest BCUT2D eigenvalue weighted by Crippen LogP contribution is 2.37. The van der Waals surface area contributed by atoms with E-state index in [-0.39, 0.29) is 5.75 Å². The first-order valence-corrected chi connectivity index (χ1v) is 13.4. The average molecular weight is 500 g/mol. The van der Waals surface area contributed by atoms with Gasteiger partial charge >= 0.3 is 0 Å². The zero-order chi connectivity index (χ0) is 25.1. The third-order valence-corrected chi connectivity index (χ3v) is 7.72. The van der Waals surface area contributed by atoms with Crippen LogP contribution in [0.25, 0.3) is 21.9 Å². The van der Waals surface area contributed by atoms with Gasteiger partial charge in [-0.15, -0.1) is 0 Å². The van der Waals surface area contributed by atoms with Crippen LogP contribution < -0.4 is 4.74 Å². The van der Waals surface area contributed by atoms with Crippen LogP contribution in [0.3, 0.4) is 0 Å². The number of phenolic OH excluding ortho intramolecular Hbond substituents is 1. The van der Waals surface area contributed by atoms with E-state index in [2.05, 4.69) is 61.2 Å². The number of likely N-dealkylation sites (tertiary alicyclic amines) is 1. The quantitative estimate of drug-likeness (QED) is 0.269. The number of rotatable bonds is 8. The molecular weight excluding hydrogens is 466 g/mol. The summed E-state index contributed by atoms with van der Waals surface area (Å²) < 4.78 is 6.04. The molecule has 1 saturated heterocycles. The third-order valence-electron chi connectivity index (χ3n) is 7.37. The van der Waals surface area contributed by atoms with E-state index in [1.165, 1.54) is 41.8 Å². The second kappa shape index (κ2) is 10.9. The summed E-state index contributed by atoms with van der Waals surface area (Å²) in [5.74, 6) is 1.99. The summed E-state index contributed by atoms with van der Waals surface area (Å²) in [4.78, 5) is 2.49. The molecule has 4 aromatic rings. The molecule has 0 spiro atoms. The molecule has 1 heterocycles. The van der Waals surface area contributed by atoms with Crippen LogP contribution in [0.15, 0.2) is 72.8 Å². The summed E-state index contributed by atoms with van der Waals surface area (Å²) >= 11 is 6.59. The number of benzene rings is 4. The fraction of sp³-hybridized carbons (Fsp3) is 0.312. The van der Waals surface area contributed by atoms with Crippen molar-refractivity contribution in [2.24, 2.45) is 5.92 Å². The molecule has 5 rings (SSSR count). The summed E-state index contributed by atoms with van der Waals surface area (Å²) in [7, 11) is 0. The second-order valence-electron chi connectivity index (χ2n) is 9.98. The molecule has 0 saturated carbocycles. The van der Waals surface area contributed by atoms with Crippen molar-refractivity contribution in [1.29, 1.82) is 0 Å². The lowest BCUT2D eigenvalue weighted by atomic mass is 9.88. The Labute approximate surface area is 219 Å². The summed E-state index contributed by atoms with van der Waals surface area (Å²) in [6, 6.07) is 24.5. The molecule has 0 amide bonds. The van der Waals surface area contributed by atoms with E-state index in [4.69, 9.17) is 16.3 Å². The van der Waals surface area contributed by atoms with Crippen molar-refractivity contribution < 1.29 is 9.84 Å². The Balaban J connectivity index is 1.42. The minimum Gasteiger partial charge on any atom is -0.508 e. The van der Waals surface area contributed by atoms with Gasteiger partial charge in [0.1, 0.15) is 18.1 Å². The molecule has 4 aromatic carbocycles. The average Bonchev–Trinajstić information content (AvgIpc) is 3.29. The maximum absolute atomic E-state index is 10.1. The highest BCUT2D eigenvalue weighted by atomic mass is 35.5. The van der Waals surface area contributed by atoms with Crippen LogP contribution in [0.1, 0.15) is 37.0 Å². The summed E-state index contributed by atoms with van der Waals surface area (Å²) in [5, 5.41) is 13.0. The number of halogens is 1. The standard InChI is InChI=1S/C32H34ClNO2/c1-3-27-29(5-4-6-32(27)33)30-13-9-24-20-25(35)10-14-28(24)31(30)19-23-7-11-26(12-8-23)36-18-17-34-16-15-22(2)21-34/h4-14,20,22,35H,3,15-19,21H2,1-2H3. The van der Waals surface area contributed by atoms with E-state index >= 15 is 0 Å². The van der Waals surface area contributed by atoms with E-state index in [1.807, 2.05) is 24.3 Å². The van der Waals surface area contributed by atoms with E-state index in [0.29, 0.717) is 0 Å². The van der Waals surface area contributed by atoms with Crippen LogP contribution in [0.5, 0.6) is 11.5 Å². The first-order valence-electron chi connectivity index (χ1n) is 13.0. The number of ether oxygens (including phenoxy) is 1. The monoisotopic (exact) mass is 499 g/mol. The molecule has 0 aromatic heterocycles. The van der Waals surface area contributed by atoms with Crippen LogP contribution in [-0.4, -0.2) is 36.2 Å². The van der Waals surface area contributed by atoms with Crippen LogP contribution in [0.4, 0.5) is 0 Å². The summed E-state index contributed by atoms with van der Waals surface area (Å²) in [5.41, 5.74) is 5.98. The van der Waals surface area contributed by atoms with Gasteiger partial charge < -0.3 is 9.84 Å². The van der Waals surface area contributed by atoms with Crippen molar-refractivity contribution in [1.82, 2.24) is 4.90 Å². The fourth-order valence-corrected chi connectivity index (χ4v) is 5.73. The van der Waals surface area contributed by atoms with Crippen molar-refractivity contribution in [2.75, 3.05) is 26.2 Å². The summed E-state index contributed by atoms with van der Waals surface area (Å²) in [6.07, 6.45) is 2.93. The lowest BCUT2D eigenvalue weighted by Crippen LogP contribution is -2.25. The molecule has 0 bridgehead atoms. The number of phenols is 1. The zero-order valence-corrected chi connectivity index (χ0v) is 21.9. The maximum atomic E-state index is 10.1. The Hall–Kier alpha value is -3.01. The highest BCUT2D eigenvalue weighted by molar-refractivity contribution is 6.31. The molecule has 1 aliphatic rings. The molecule has 1 atom stereocenters. The van der Waals surface area contributed by atoms with Crippen LogP contribution in [0, 0.1) is 5.92 Å². The first-order chi connectivity index (χ1) is 17.5. The maximum Gasteiger partial charge on any atom is 0.119 e. The van der Waals surface area contributed by atoms with Gasteiger partial charge in [-0.05, 0) is 101 Å². The van der Waals surface area contributed by atoms with E-state index in [0.717, 1.165) is 59.0 Å². The second-order valence-corrected chi connectivity index (χ2v) is 10.4. The Morgan fingerprint density at radius 3 is 2.53 bits per heavy atom. The number of fused-ring (bicyclic) bond motifs is 1. The predicted octanol–water partition coefficient (Wildman–Crippen LogP) is 7.74. The van der Waals surface area contributed by atoms with E-state index in [1.54, 1.807) is 6.07 Å². The molecular formula is C32H34ClNO2. The molecule has 4 heteroatoms. The van der Waals surface area contributed by atoms with Crippen LogP contribution in [-0.2, 0) is 12.8 Å². The van der Waals surface area contributed by atoms with Crippen molar-refractivity contribution in [3.63, 3.8) is 0 Å². The van der Waals surface area contributed by atoms with Gasteiger partial charge in [-0.25, -0.2) is 0 Å². The van der Waals surface area contributed by atoms with Crippen LogP contribution >= 0.6 is 11.6 Å². The topological polar surface area (TPSA) is 32.7 Å². The van der Waals surface area contributed by atoms with Crippen molar-refractivity contribution in [2.45, 2.75) is 33.1 Å². The Morgan fingerprint density at radius 2 is 1.78 bits per heavy atom. The van der Waals surface area contributed by atoms with Gasteiger partial charge in [-0.1, -0.05) is 67.9 Å². The molecule has 0 radical (unpaired) electrons. The minimum atomic E-state index is 0.281. The number of hydrogen-bond donors (Lipinski definition) is 1. The van der Waals surface area contributed by atoms with Gasteiger partial charge in [-0.2, -0.15) is 0 Å². The number of aromatic hydroxyl groups is 1. The molecule has 186 valence electrons. The number of nitrogens with zero attached hydrogens (tertiary/aromatic N) is 1. The zero-order valence-electron chi connectivity index (χ0n) is 21.1. The largest absolute Gasteiger partial charge is 0.508 e. The Kier molecular flexibility index (Phi) is 7.50. The van der Waals surface area contributed by atoms with E-state index < -0.39 is 0 Å². The SMILES string of the molecule is CCc1c(Cl)cccc1-c1ccc2cc(O)ccc2c1Cc1ccc(OCCN2CCC(C)C2)cc1. The van der Waals surface area contributed by atoms with Gasteiger partial charge in [-0.3, -0.25) is 4.90 Å². The molecule has 1 aliphatic heterocycles. The van der Waals surface area contributed by atoms with Crippen molar-refractivity contribution >= 4 is 22.4 Å². The fourth-order valence-electron chi connectivity index (χ4n) is 5.42. The number of hydrogen-bond acceptors (Lipinski definition) is 3. The normalized spacial score (nSPS) is 16.0. The molecule has 1 fully saturated rings. The first kappa shape index (κ1) is 24.7. The van der Waals surface area contributed by atoms with Crippen molar-refractivity contribution in [3.8, 4) is 22.6 Å². The van der Waals surface area contributed by atoms with E-state index in [9.17, 15) is 5.11 Å². The lowest BCUT2D eigenvalue weighted by Gasteiger charge is -2.18. The van der Waals surface area contributed by atoms with Gasteiger partial charge in [0.2, 0.25) is 0 Å². The van der Waals surface area contributed by atoms with Crippen molar-refractivity contribution in [3.05, 3.63) is 94.5 Å². The van der Waals surface area contributed by atoms with Crippen LogP contribution in [0.2, 0.25) is 5.02 Å². The smallest absolute Gasteiger partial charge is 0.119 e. The predicted molar refractivity (Wildman–Crippen MR) is 150 cm³/mol. The van der Waals surface area contributed by atoms with Gasteiger partial charge in [0, 0.05) is 18.1 Å².